The Kier molecular flexibility index (Phi) is 3.61. The van der Waals surface area contributed by atoms with Crippen molar-refractivity contribution in [1.29, 1.82) is 0 Å². The molecule has 0 saturated heterocycles. The zero-order chi connectivity index (χ0) is 14.0. The second-order valence-corrected chi connectivity index (χ2v) is 4.54. The van der Waals surface area contributed by atoms with Crippen molar-refractivity contribution in [2.75, 3.05) is 12.0 Å². The van der Waals surface area contributed by atoms with Gasteiger partial charge in [0.15, 0.2) is 11.0 Å². The Balaban J connectivity index is 2.56. The summed E-state index contributed by atoms with van der Waals surface area (Å²) in [7, 11) is 0. The van der Waals surface area contributed by atoms with Gasteiger partial charge in [-0.2, -0.15) is 9.97 Å². The van der Waals surface area contributed by atoms with Crippen LogP contribution in [0.1, 0.15) is 5.56 Å². The number of hydrogen-bond donors (Lipinski definition) is 1. The van der Waals surface area contributed by atoms with Crippen molar-refractivity contribution in [3.63, 3.8) is 0 Å². The van der Waals surface area contributed by atoms with Crippen LogP contribution in [0, 0.1) is 17.0 Å². The number of nitrogens with zero attached hydrogens (tertiary/aromatic N) is 4. The number of nitrogen functional groups attached to an aromatic ring is 1. The highest BCUT2D eigenvalue weighted by molar-refractivity contribution is 7.98. The van der Waals surface area contributed by atoms with E-state index < -0.39 is 4.92 Å². The van der Waals surface area contributed by atoms with Gasteiger partial charge in [0.25, 0.3) is 5.69 Å². The van der Waals surface area contributed by atoms with E-state index in [4.69, 9.17) is 5.73 Å². The van der Waals surface area contributed by atoms with Crippen LogP contribution in [0.3, 0.4) is 0 Å². The zero-order valence-corrected chi connectivity index (χ0v) is 11.1. The molecule has 19 heavy (non-hydrogen) atoms. The summed E-state index contributed by atoms with van der Waals surface area (Å²) in [4.78, 5) is 22.6. The summed E-state index contributed by atoms with van der Waals surface area (Å²) >= 11 is 1.33. The van der Waals surface area contributed by atoms with Crippen LogP contribution in [0.2, 0.25) is 0 Å². The molecule has 98 valence electrons. The lowest BCUT2D eigenvalue weighted by Gasteiger charge is -2.04. The lowest BCUT2D eigenvalue weighted by molar-refractivity contribution is -0.385. The van der Waals surface area contributed by atoms with E-state index in [1.54, 1.807) is 19.1 Å². The number of hydrogen-bond acceptors (Lipinski definition) is 7. The maximum Gasteiger partial charge on any atom is 0.273 e. The summed E-state index contributed by atoms with van der Waals surface area (Å²) in [5.74, 6) is 0.428. The molecule has 2 rings (SSSR count). The standard InChI is InChI=1S/C11H11N5O2S/c1-6-3-4-7(5-8(6)16(17)18)9-13-10(12)15-11(14-9)19-2/h3-5H,1-2H3,(H2,12,13,14,15). The highest BCUT2D eigenvalue weighted by atomic mass is 32.2. The molecular formula is C11H11N5O2S. The number of nitro groups is 1. The number of nitro benzene ring substituents is 1. The van der Waals surface area contributed by atoms with Gasteiger partial charge >= 0.3 is 0 Å². The Morgan fingerprint density at radius 3 is 2.68 bits per heavy atom. The molecule has 0 fully saturated rings. The van der Waals surface area contributed by atoms with Crippen LogP contribution >= 0.6 is 11.8 Å². The number of rotatable bonds is 3. The summed E-state index contributed by atoms with van der Waals surface area (Å²) in [6, 6.07) is 4.82. The van der Waals surface area contributed by atoms with Gasteiger partial charge in [-0.1, -0.05) is 23.9 Å². The average Bonchev–Trinajstić information content (AvgIpc) is 2.38. The number of thioether (sulfide) groups is 1. The maximum atomic E-state index is 10.9. The molecular weight excluding hydrogens is 266 g/mol. The number of aryl methyl sites for hydroxylation is 1. The van der Waals surface area contributed by atoms with E-state index in [9.17, 15) is 10.1 Å². The van der Waals surface area contributed by atoms with Crippen LogP contribution < -0.4 is 5.73 Å². The van der Waals surface area contributed by atoms with Crippen molar-refractivity contribution in [3.8, 4) is 11.4 Å². The van der Waals surface area contributed by atoms with E-state index in [1.807, 2.05) is 6.26 Å². The Morgan fingerprint density at radius 1 is 1.32 bits per heavy atom. The molecule has 1 aromatic heterocycles. The molecule has 2 aromatic rings. The number of aromatic nitrogens is 3. The molecule has 0 spiro atoms. The lowest BCUT2D eigenvalue weighted by atomic mass is 10.1. The van der Waals surface area contributed by atoms with E-state index in [0.717, 1.165) is 0 Å². The molecule has 0 bridgehead atoms. The fraction of sp³-hybridized carbons (Fsp3) is 0.182. The average molecular weight is 277 g/mol. The second-order valence-electron chi connectivity index (χ2n) is 3.76. The minimum atomic E-state index is -0.432. The first-order valence-corrected chi connectivity index (χ1v) is 6.54. The number of nitrogens with two attached hydrogens (primary N) is 1. The van der Waals surface area contributed by atoms with Gasteiger partial charge in [-0.3, -0.25) is 10.1 Å². The minimum absolute atomic E-state index is 0.0298. The topological polar surface area (TPSA) is 108 Å². The van der Waals surface area contributed by atoms with Gasteiger partial charge in [0.05, 0.1) is 4.92 Å². The van der Waals surface area contributed by atoms with Gasteiger partial charge in [-0.15, -0.1) is 0 Å². The summed E-state index contributed by atoms with van der Waals surface area (Å²) < 4.78 is 0. The van der Waals surface area contributed by atoms with Crippen molar-refractivity contribution in [2.24, 2.45) is 0 Å². The summed E-state index contributed by atoms with van der Waals surface area (Å²) in [5, 5.41) is 11.4. The monoisotopic (exact) mass is 277 g/mol. The van der Waals surface area contributed by atoms with Gasteiger partial charge in [-0.05, 0) is 13.2 Å². The van der Waals surface area contributed by atoms with Crippen LogP contribution in [0.4, 0.5) is 11.6 Å². The van der Waals surface area contributed by atoms with Crippen LogP contribution in [-0.4, -0.2) is 26.1 Å². The molecule has 0 atom stereocenters. The largest absolute Gasteiger partial charge is 0.368 e. The number of anilines is 1. The smallest absolute Gasteiger partial charge is 0.273 e. The third kappa shape index (κ3) is 2.79. The van der Waals surface area contributed by atoms with E-state index in [2.05, 4.69) is 15.0 Å². The third-order valence-corrected chi connectivity index (χ3v) is 3.03. The first kappa shape index (κ1) is 13.2. The Morgan fingerprint density at radius 2 is 2.05 bits per heavy atom. The SMILES string of the molecule is CSc1nc(N)nc(-c2ccc(C)c([N+](=O)[O-])c2)n1. The molecule has 8 heteroatoms. The summed E-state index contributed by atoms with van der Waals surface area (Å²) in [6.07, 6.45) is 1.82. The van der Waals surface area contributed by atoms with Crippen LogP contribution in [0.25, 0.3) is 11.4 Å². The Bertz CT molecular complexity index is 647. The minimum Gasteiger partial charge on any atom is -0.368 e. The normalized spacial score (nSPS) is 10.4. The van der Waals surface area contributed by atoms with E-state index >= 15 is 0 Å². The van der Waals surface area contributed by atoms with Crippen molar-refractivity contribution in [1.82, 2.24) is 15.0 Å². The first-order valence-electron chi connectivity index (χ1n) is 5.32. The van der Waals surface area contributed by atoms with Crippen molar-refractivity contribution in [3.05, 3.63) is 33.9 Å². The van der Waals surface area contributed by atoms with E-state index in [0.29, 0.717) is 22.1 Å². The van der Waals surface area contributed by atoms with Crippen LogP contribution in [0.5, 0.6) is 0 Å². The molecule has 0 saturated carbocycles. The molecule has 1 aromatic carbocycles. The highest BCUT2D eigenvalue weighted by Gasteiger charge is 2.14. The van der Waals surface area contributed by atoms with E-state index in [1.165, 1.54) is 17.8 Å². The predicted molar refractivity (Wildman–Crippen MR) is 72.8 cm³/mol. The number of benzene rings is 1. The van der Waals surface area contributed by atoms with Crippen LogP contribution in [-0.2, 0) is 0 Å². The second kappa shape index (κ2) is 5.19. The predicted octanol–water partition coefficient (Wildman–Crippen LogP) is 2.06. The van der Waals surface area contributed by atoms with Gasteiger partial charge in [-0.25, -0.2) is 4.98 Å². The van der Waals surface area contributed by atoms with Crippen molar-refractivity contribution < 1.29 is 4.92 Å². The fourth-order valence-corrected chi connectivity index (χ4v) is 1.90. The Hall–Kier alpha value is -2.22. The van der Waals surface area contributed by atoms with Gasteiger partial charge in [0.2, 0.25) is 5.95 Å². The van der Waals surface area contributed by atoms with Crippen LogP contribution in [0.15, 0.2) is 23.4 Å². The molecule has 0 aliphatic heterocycles. The quantitative estimate of drug-likeness (QED) is 0.519. The molecule has 0 amide bonds. The fourth-order valence-electron chi connectivity index (χ4n) is 1.54. The summed E-state index contributed by atoms with van der Waals surface area (Å²) in [6.45, 7) is 1.68. The van der Waals surface area contributed by atoms with Crippen molar-refractivity contribution >= 4 is 23.4 Å². The molecule has 0 aliphatic carbocycles. The Labute approximate surface area is 113 Å². The first-order chi connectivity index (χ1) is 9.01. The van der Waals surface area contributed by atoms with Gasteiger partial charge in [0, 0.05) is 17.2 Å². The van der Waals surface area contributed by atoms with Gasteiger partial charge < -0.3 is 5.73 Å². The highest BCUT2D eigenvalue weighted by Crippen LogP contribution is 2.25. The van der Waals surface area contributed by atoms with Crippen molar-refractivity contribution in [2.45, 2.75) is 12.1 Å². The van der Waals surface area contributed by atoms with E-state index in [-0.39, 0.29) is 11.6 Å². The lowest BCUT2D eigenvalue weighted by Crippen LogP contribution is -2.02. The molecule has 2 N–H and O–H groups in total. The molecule has 0 radical (unpaired) electrons. The molecule has 1 heterocycles. The zero-order valence-electron chi connectivity index (χ0n) is 10.3. The third-order valence-electron chi connectivity index (χ3n) is 2.48. The molecule has 7 nitrogen and oxygen atoms in total. The summed E-state index contributed by atoms with van der Waals surface area (Å²) in [5.41, 5.74) is 6.75. The molecule has 0 unspecified atom stereocenters. The van der Waals surface area contributed by atoms with Gasteiger partial charge in [0.1, 0.15) is 0 Å². The maximum absolute atomic E-state index is 10.9. The molecule has 0 aliphatic rings.